The van der Waals surface area contributed by atoms with E-state index in [1.807, 2.05) is 6.92 Å². The van der Waals surface area contributed by atoms with Crippen molar-refractivity contribution in [1.82, 2.24) is 9.55 Å². The van der Waals surface area contributed by atoms with Crippen LogP contribution in [0.3, 0.4) is 0 Å². The summed E-state index contributed by atoms with van der Waals surface area (Å²) in [7, 11) is 0. The molecule has 0 atom stereocenters. The summed E-state index contributed by atoms with van der Waals surface area (Å²) in [5.74, 6) is 0. The molecule has 0 aromatic carbocycles. The minimum absolute atomic E-state index is 0.287. The Kier molecular flexibility index (Phi) is 3.62. The van der Waals surface area contributed by atoms with Crippen LogP contribution in [0, 0.1) is 0 Å². The third kappa shape index (κ3) is 2.31. The quantitative estimate of drug-likeness (QED) is 0.767. The molecule has 1 aromatic rings. The number of H-pyrrole nitrogens is 1. The summed E-state index contributed by atoms with van der Waals surface area (Å²) < 4.78 is 13.2. The van der Waals surface area contributed by atoms with Crippen molar-refractivity contribution < 1.29 is 4.39 Å². The number of halogens is 1. The van der Waals surface area contributed by atoms with Gasteiger partial charge in [0.15, 0.2) is 0 Å². The van der Waals surface area contributed by atoms with Gasteiger partial charge in [-0.05, 0) is 12.8 Å². The highest BCUT2D eigenvalue weighted by Gasteiger charge is 2.01. The van der Waals surface area contributed by atoms with Crippen LogP contribution >= 0.6 is 0 Å². The predicted octanol–water partition coefficient (Wildman–Crippen LogP) is 0.459. The van der Waals surface area contributed by atoms with E-state index in [-0.39, 0.29) is 12.0 Å². The standard InChI is InChI=1S/C9H13FN2O2/c1-2-7-6-12(5-3-4-10)9(14)11-8(7)13/h6H,2-5H2,1H3,(H,11,13,14). The Balaban J connectivity index is 3.05. The number of alkyl halides is 1. The zero-order valence-electron chi connectivity index (χ0n) is 8.05. The van der Waals surface area contributed by atoms with Gasteiger partial charge < -0.3 is 4.57 Å². The van der Waals surface area contributed by atoms with E-state index in [2.05, 4.69) is 4.98 Å². The Morgan fingerprint density at radius 3 is 2.79 bits per heavy atom. The first-order chi connectivity index (χ1) is 6.69. The highest BCUT2D eigenvalue weighted by atomic mass is 19.1. The highest BCUT2D eigenvalue weighted by Crippen LogP contribution is 1.91. The summed E-state index contributed by atoms with van der Waals surface area (Å²) in [6, 6.07) is 0. The lowest BCUT2D eigenvalue weighted by molar-refractivity contribution is 0.440. The number of aryl methyl sites for hydroxylation is 2. The van der Waals surface area contributed by atoms with E-state index >= 15 is 0 Å². The van der Waals surface area contributed by atoms with Gasteiger partial charge in [0.25, 0.3) is 5.56 Å². The largest absolute Gasteiger partial charge is 0.328 e. The molecule has 0 fully saturated rings. The van der Waals surface area contributed by atoms with Crippen LogP contribution in [0.2, 0.25) is 0 Å². The van der Waals surface area contributed by atoms with Gasteiger partial charge in [0.1, 0.15) is 0 Å². The molecule has 0 amide bonds. The molecule has 4 nitrogen and oxygen atoms in total. The molecule has 78 valence electrons. The van der Waals surface area contributed by atoms with E-state index in [0.29, 0.717) is 18.5 Å². The maximum Gasteiger partial charge on any atom is 0.328 e. The molecule has 0 aliphatic rings. The molecule has 14 heavy (non-hydrogen) atoms. The lowest BCUT2D eigenvalue weighted by atomic mass is 10.2. The molecule has 0 bridgehead atoms. The van der Waals surface area contributed by atoms with E-state index in [0.717, 1.165) is 0 Å². The van der Waals surface area contributed by atoms with Crippen LogP contribution in [-0.2, 0) is 13.0 Å². The second-order valence-corrected chi connectivity index (χ2v) is 3.00. The van der Waals surface area contributed by atoms with Gasteiger partial charge in [0, 0.05) is 18.3 Å². The molecular formula is C9H13FN2O2. The third-order valence-corrected chi connectivity index (χ3v) is 2.00. The van der Waals surface area contributed by atoms with Crippen LogP contribution < -0.4 is 11.2 Å². The Labute approximate surface area is 80.4 Å². The van der Waals surface area contributed by atoms with Crippen LogP contribution in [-0.4, -0.2) is 16.2 Å². The molecular weight excluding hydrogens is 187 g/mol. The van der Waals surface area contributed by atoms with Gasteiger partial charge in [0.2, 0.25) is 0 Å². The van der Waals surface area contributed by atoms with E-state index in [1.165, 1.54) is 10.8 Å². The summed E-state index contributed by atoms with van der Waals surface area (Å²) >= 11 is 0. The topological polar surface area (TPSA) is 54.9 Å². The van der Waals surface area contributed by atoms with Crippen LogP contribution in [0.4, 0.5) is 4.39 Å². The van der Waals surface area contributed by atoms with Crippen molar-refractivity contribution in [1.29, 1.82) is 0 Å². The molecule has 1 aromatic heterocycles. The van der Waals surface area contributed by atoms with Crippen molar-refractivity contribution in [3.05, 3.63) is 32.6 Å². The second kappa shape index (κ2) is 4.74. The predicted molar refractivity (Wildman–Crippen MR) is 51.3 cm³/mol. The maximum atomic E-state index is 11.9. The van der Waals surface area contributed by atoms with Gasteiger partial charge in [-0.3, -0.25) is 14.2 Å². The van der Waals surface area contributed by atoms with E-state index in [4.69, 9.17) is 0 Å². The summed E-state index contributed by atoms with van der Waals surface area (Å²) in [6.07, 6.45) is 2.34. The van der Waals surface area contributed by atoms with Gasteiger partial charge in [-0.25, -0.2) is 4.79 Å². The molecule has 0 aliphatic heterocycles. The lowest BCUT2D eigenvalue weighted by Gasteiger charge is -2.04. The van der Waals surface area contributed by atoms with Gasteiger partial charge in [0.05, 0.1) is 6.67 Å². The molecule has 5 heteroatoms. The zero-order valence-corrected chi connectivity index (χ0v) is 8.05. The van der Waals surface area contributed by atoms with Crippen molar-refractivity contribution in [3.8, 4) is 0 Å². The average molecular weight is 200 g/mol. The number of hydrogen-bond donors (Lipinski definition) is 1. The SMILES string of the molecule is CCc1cn(CCCF)c(=O)[nH]c1=O. The highest BCUT2D eigenvalue weighted by molar-refractivity contribution is 5.03. The fraction of sp³-hybridized carbons (Fsp3) is 0.556. The second-order valence-electron chi connectivity index (χ2n) is 3.00. The molecule has 0 radical (unpaired) electrons. The van der Waals surface area contributed by atoms with Crippen LogP contribution in [0.25, 0.3) is 0 Å². The molecule has 0 spiro atoms. The van der Waals surface area contributed by atoms with Crippen molar-refractivity contribution in [2.45, 2.75) is 26.3 Å². The van der Waals surface area contributed by atoms with Crippen molar-refractivity contribution in [2.75, 3.05) is 6.67 Å². The normalized spacial score (nSPS) is 10.4. The number of aromatic nitrogens is 2. The van der Waals surface area contributed by atoms with E-state index < -0.39 is 12.4 Å². The van der Waals surface area contributed by atoms with Crippen molar-refractivity contribution >= 4 is 0 Å². The molecule has 1 N–H and O–H groups in total. The molecule has 0 saturated heterocycles. The fourth-order valence-corrected chi connectivity index (χ4v) is 1.20. The Morgan fingerprint density at radius 1 is 1.50 bits per heavy atom. The molecule has 0 saturated carbocycles. The number of hydrogen-bond acceptors (Lipinski definition) is 2. The Bertz CT molecular complexity index is 408. The van der Waals surface area contributed by atoms with E-state index in [1.54, 1.807) is 0 Å². The number of aromatic amines is 1. The number of nitrogens with zero attached hydrogens (tertiary/aromatic N) is 1. The average Bonchev–Trinajstić information content (AvgIpc) is 2.17. The molecule has 0 aliphatic carbocycles. The minimum atomic E-state index is -0.472. The Hall–Kier alpha value is -1.39. The first-order valence-electron chi connectivity index (χ1n) is 4.57. The fourth-order valence-electron chi connectivity index (χ4n) is 1.20. The monoisotopic (exact) mass is 200 g/mol. The van der Waals surface area contributed by atoms with Crippen LogP contribution in [0.15, 0.2) is 15.8 Å². The smallest absolute Gasteiger partial charge is 0.300 e. The lowest BCUT2D eigenvalue weighted by Crippen LogP contribution is -2.31. The van der Waals surface area contributed by atoms with Gasteiger partial charge in [-0.1, -0.05) is 6.92 Å². The molecule has 1 rings (SSSR count). The third-order valence-electron chi connectivity index (χ3n) is 2.00. The number of nitrogens with one attached hydrogen (secondary N) is 1. The van der Waals surface area contributed by atoms with Gasteiger partial charge >= 0.3 is 5.69 Å². The zero-order chi connectivity index (χ0) is 10.6. The van der Waals surface area contributed by atoms with Crippen LogP contribution in [0.5, 0.6) is 0 Å². The van der Waals surface area contributed by atoms with Crippen molar-refractivity contribution in [3.63, 3.8) is 0 Å². The first-order valence-corrected chi connectivity index (χ1v) is 4.57. The van der Waals surface area contributed by atoms with Crippen molar-refractivity contribution in [2.24, 2.45) is 0 Å². The summed E-state index contributed by atoms with van der Waals surface area (Å²) in [5, 5.41) is 0. The van der Waals surface area contributed by atoms with Crippen LogP contribution in [0.1, 0.15) is 18.9 Å². The number of rotatable bonds is 4. The summed E-state index contributed by atoms with van der Waals surface area (Å²) in [4.78, 5) is 24.5. The Morgan fingerprint density at radius 2 is 2.21 bits per heavy atom. The van der Waals surface area contributed by atoms with E-state index in [9.17, 15) is 14.0 Å². The molecule has 0 unspecified atom stereocenters. The van der Waals surface area contributed by atoms with Gasteiger partial charge in [-0.15, -0.1) is 0 Å². The first kappa shape index (κ1) is 10.7. The summed E-state index contributed by atoms with van der Waals surface area (Å²) in [5.41, 5.74) is -0.280. The molecule has 1 heterocycles. The van der Waals surface area contributed by atoms with Gasteiger partial charge in [-0.2, -0.15) is 0 Å². The maximum absolute atomic E-state index is 11.9. The minimum Gasteiger partial charge on any atom is -0.300 e. The summed E-state index contributed by atoms with van der Waals surface area (Å²) in [6.45, 7) is 1.67.